The minimum atomic E-state index is 0.0496. The van der Waals surface area contributed by atoms with Crippen molar-refractivity contribution in [3.8, 4) is 11.8 Å². The van der Waals surface area contributed by atoms with Gasteiger partial charge >= 0.3 is 0 Å². The van der Waals surface area contributed by atoms with Gasteiger partial charge in [-0.3, -0.25) is 9.69 Å². The monoisotopic (exact) mass is 363 g/mol. The number of aromatic amines is 1. The first-order valence-electron chi connectivity index (χ1n) is 8.92. The highest BCUT2D eigenvalue weighted by Crippen LogP contribution is 2.26. The van der Waals surface area contributed by atoms with Gasteiger partial charge in [-0.25, -0.2) is 0 Å². The summed E-state index contributed by atoms with van der Waals surface area (Å²) in [5.41, 5.74) is 2.99. The molecule has 1 aromatic carbocycles. The highest BCUT2D eigenvalue weighted by Gasteiger charge is 2.34. The fraction of sp³-hybridized carbons (Fsp3) is 0.368. The molecule has 0 saturated carbocycles. The number of amides is 1. The number of hydrogen-bond acceptors (Lipinski definition) is 6. The van der Waals surface area contributed by atoms with Gasteiger partial charge in [0.15, 0.2) is 5.82 Å². The lowest BCUT2D eigenvalue weighted by atomic mass is 10.0. The molecule has 2 aliphatic heterocycles. The zero-order chi connectivity index (χ0) is 18.6. The van der Waals surface area contributed by atoms with Crippen LogP contribution in [0.5, 0.6) is 0 Å². The van der Waals surface area contributed by atoms with E-state index >= 15 is 0 Å². The number of nitrogens with zero attached hydrogens (tertiary/aromatic N) is 6. The molecule has 27 heavy (non-hydrogen) atoms. The smallest absolute Gasteiger partial charge is 0.254 e. The summed E-state index contributed by atoms with van der Waals surface area (Å²) in [6.45, 7) is 3.06. The molecule has 0 atom stereocenters. The Bertz CT molecular complexity index is 895. The molecule has 0 spiro atoms. The first-order valence-corrected chi connectivity index (χ1v) is 8.92. The number of rotatable bonds is 3. The van der Waals surface area contributed by atoms with Crippen LogP contribution in [-0.4, -0.2) is 74.6 Å². The van der Waals surface area contributed by atoms with Crippen molar-refractivity contribution in [1.82, 2.24) is 35.3 Å². The van der Waals surface area contributed by atoms with Crippen LogP contribution >= 0.6 is 0 Å². The molecule has 1 N–H and O–H groups in total. The van der Waals surface area contributed by atoms with Crippen molar-refractivity contribution in [3.63, 3.8) is 0 Å². The maximum Gasteiger partial charge on any atom is 0.254 e. The Morgan fingerprint density at radius 1 is 1.26 bits per heavy atom. The van der Waals surface area contributed by atoms with Crippen molar-refractivity contribution in [2.75, 3.05) is 33.4 Å². The fourth-order valence-corrected chi connectivity index (χ4v) is 3.47. The summed E-state index contributed by atoms with van der Waals surface area (Å²) >= 11 is 0. The summed E-state index contributed by atoms with van der Waals surface area (Å²) in [6.07, 6.45) is 0.862. The van der Waals surface area contributed by atoms with E-state index in [0.29, 0.717) is 32.1 Å². The molecular formula is C19H21N7O. The van der Waals surface area contributed by atoms with Crippen molar-refractivity contribution in [1.29, 1.82) is 0 Å². The molecule has 3 heterocycles. The minimum absolute atomic E-state index is 0.0496. The number of carbonyl (C=O) groups excluding carboxylic acids is 1. The zero-order valence-corrected chi connectivity index (χ0v) is 15.2. The molecule has 8 nitrogen and oxygen atoms in total. The Kier molecular flexibility index (Phi) is 4.85. The van der Waals surface area contributed by atoms with E-state index in [-0.39, 0.29) is 5.91 Å². The van der Waals surface area contributed by atoms with Gasteiger partial charge in [0.25, 0.3) is 5.91 Å². The van der Waals surface area contributed by atoms with Gasteiger partial charge in [0.2, 0.25) is 0 Å². The maximum atomic E-state index is 13.0. The molecule has 1 amide bonds. The molecular weight excluding hydrogens is 342 g/mol. The Labute approximate surface area is 157 Å². The van der Waals surface area contributed by atoms with Crippen LogP contribution in [0.25, 0.3) is 0 Å². The molecule has 1 aromatic heterocycles. The highest BCUT2D eigenvalue weighted by molar-refractivity contribution is 5.95. The molecule has 4 rings (SSSR count). The third kappa shape index (κ3) is 3.83. The van der Waals surface area contributed by atoms with Gasteiger partial charge in [-0.2, -0.15) is 5.21 Å². The summed E-state index contributed by atoms with van der Waals surface area (Å²) in [5.74, 6) is 6.97. The molecule has 2 aliphatic rings. The molecule has 2 aromatic rings. The lowest BCUT2D eigenvalue weighted by Crippen LogP contribution is -2.50. The van der Waals surface area contributed by atoms with Gasteiger partial charge < -0.3 is 9.80 Å². The lowest BCUT2D eigenvalue weighted by molar-refractivity contribution is -0.132. The summed E-state index contributed by atoms with van der Waals surface area (Å²) in [4.78, 5) is 19.1. The number of H-pyrrole nitrogens is 1. The van der Waals surface area contributed by atoms with E-state index in [4.69, 9.17) is 0 Å². The summed E-state index contributed by atoms with van der Waals surface area (Å²) in [6, 6.07) is 9.95. The van der Waals surface area contributed by atoms with E-state index in [0.717, 1.165) is 29.8 Å². The van der Waals surface area contributed by atoms with Gasteiger partial charge in [0.1, 0.15) is 0 Å². The largest absolute Gasteiger partial charge is 0.360 e. The molecule has 0 unspecified atom stereocenters. The van der Waals surface area contributed by atoms with Crippen LogP contribution in [0.3, 0.4) is 0 Å². The average Bonchev–Trinajstić information content (AvgIpc) is 3.20. The first kappa shape index (κ1) is 17.2. The van der Waals surface area contributed by atoms with Crippen molar-refractivity contribution < 1.29 is 4.79 Å². The SMILES string of the molecule is CN1CN(Cc2nn[nH]n2)C(=O)C2=C1CCN(CC#Cc1ccccc1)C2. The predicted octanol–water partition coefficient (Wildman–Crippen LogP) is 0.443. The van der Waals surface area contributed by atoms with Crippen LogP contribution in [0, 0.1) is 11.8 Å². The number of hydrogen-bond donors (Lipinski definition) is 1. The minimum Gasteiger partial charge on any atom is -0.360 e. The van der Waals surface area contributed by atoms with Crippen LogP contribution < -0.4 is 0 Å². The zero-order valence-electron chi connectivity index (χ0n) is 15.2. The molecule has 0 bridgehead atoms. The van der Waals surface area contributed by atoms with E-state index in [2.05, 4.69) is 42.3 Å². The van der Waals surface area contributed by atoms with E-state index in [1.165, 1.54) is 0 Å². The number of aromatic nitrogens is 4. The Morgan fingerprint density at radius 2 is 2.11 bits per heavy atom. The van der Waals surface area contributed by atoms with Gasteiger partial charge in [-0.05, 0) is 12.1 Å². The first-order chi connectivity index (χ1) is 13.2. The predicted molar refractivity (Wildman–Crippen MR) is 98.8 cm³/mol. The maximum absolute atomic E-state index is 13.0. The molecule has 8 heteroatoms. The third-order valence-electron chi connectivity index (χ3n) is 4.81. The van der Waals surface area contributed by atoms with E-state index in [9.17, 15) is 4.79 Å². The number of tetrazole rings is 1. The van der Waals surface area contributed by atoms with E-state index in [1.807, 2.05) is 37.4 Å². The Morgan fingerprint density at radius 3 is 2.89 bits per heavy atom. The third-order valence-corrected chi connectivity index (χ3v) is 4.81. The van der Waals surface area contributed by atoms with Gasteiger partial charge in [-0.15, -0.1) is 10.2 Å². The fourth-order valence-electron chi connectivity index (χ4n) is 3.47. The van der Waals surface area contributed by atoms with E-state index < -0.39 is 0 Å². The lowest BCUT2D eigenvalue weighted by Gasteiger charge is -2.41. The molecule has 0 aliphatic carbocycles. The number of carbonyl (C=O) groups is 1. The Hall–Kier alpha value is -3.18. The van der Waals surface area contributed by atoms with Crippen LogP contribution in [-0.2, 0) is 11.3 Å². The van der Waals surface area contributed by atoms with Gasteiger partial charge in [0.05, 0.1) is 25.3 Å². The quantitative estimate of drug-likeness (QED) is 0.797. The summed E-state index contributed by atoms with van der Waals surface area (Å²) in [7, 11) is 2.02. The molecule has 0 radical (unpaired) electrons. The van der Waals surface area contributed by atoms with Crippen LogP contribution in [0.2, 0.25) is 0 Å². The summed E-state index contributed by atoms with van der Waals surface area (Å²) < 4.78 is 0. The molecule has 138 valence electrons. The van der Waals surface area contributed by atoms with Crippen LogP contribution in [0.15, 0.2) is 41.6 Å². The van der Waals surface area contributed by atoms with E-state index in [1.54, 1.807) is 4.90 Å². The van der Waals surface area contributed by atoms with Crippen molar-refractivity contribution in [2.24, 2.45) is 0 Å². The second-order valence-electron chi connectivity index (χ2n) is 6.72. The average molecular weight is 363 g/mol. The van der Waals surface area contributed by atoms with Crippen molar-refractivity contribution >= 4 is 5.91 Å². The molecule has 0 fully saturated rings. The topological polar surface area (TPSA) is 81.2 Å². The number of benzene rings is 1. The second kappa shape index (κ2) is 7.60. The molecule has 0 saturated heterocycles. The summed E-state index contributed by atoms with van der Waals surface area (Å²) in [5, 5.41) is 13.9. The normalized spacial score (nSPS) is 17.6. The number of nitrogens with one attached hydrogen (secondary N) is 1. The van der Waals surface area contributed by atoms with Crippen LogP contribution in [0.4, 0.5) is 0 Å². The standard InChI is InChI=1S/C19H21N7O/c1-24-14-26(13-18-20-22-23-21-18)19(27)16-12-25(11-9-17(16)24)10-5-8-15-6-3-2-4-7-15/h2-4,6-7H,9-14H2,1H3,(H,20,21,22,23). The van der Waals surface area contributed by atoms with Gasteiger partial charge in [-0.1, -0.05) is 35.3 Å². The highest BCUT2D eigenvalue weighted by atomic mass is 16.2. The second-order valence-corrected chi connectivity index (χ2v) is 6.72. The van der Waals surface area contributed by atoms with Crippen molar-refractivity contribution in [2.45, 2.75) is 13.0 Å². The van der Waals surface area contributed by atoms with Gasteiger partial charge in [0, 0.05) is 37.8 Å². The van der Waals surface area contributed by atoms with Crippen molar-refractivity contribution in [3.05, 3.63) is 53.0 Å². The Balaban J connectivity index is 1.44. The van der Waals surface area contributed by atoms with Crippen LogP contribution in [0.1, 0.15) is 17.8 Å².